The molecule has 1 saturated heterocycles. The summed E-state index contributed by atoms with van der Waals surface area (Å²) in [6.45, 7) is 1.24. The van der Waals surface area contributed by atoms with Crippen LogP contribution in [0.5, 0.6) is 0 Å². The highest BCUT2D eigenvalue weighted by Crippen LogP contribution is 2.37. The van der Waals surface area contributed by atoms with E-state index in [1.54, 1.807) is 6.07 Å². The van der Waals surface area contributed by atoms with E-state index >= 15 is 0 Å². The molecule has 2 atom stereocenters. The highest BCUT2D eigenvalue weighted by atomic mass is 32.2. The molecule has 4 N–H and O–H groups in total. The minimum atomic E-state index is -4.39. The number of nitrogens with zero attached hydrogens (tertiary/aromatic N) is 2. The minimum absolute atomic E-state index is 0.0329. The van der Waals surface area contributed by atoms with Crippen LogP contribution in [0.15, 0.2) is 52.4 Å². The van der Waals surface area contributed by atoms with Crippen LogP contribution in [0.2, 0.25) is 0 Å². The van der Waals surface area contributed by atoms with E-state index < -0.39 is 40.4 Å². The van der Waals surface area contributed by atoms with Gasteiger partial charge in [-0.3, -0.25) is 9.52 Å². The first-order valence-electron chi connectivity index (χ1n) is 11.6. The number of likely N-dealkylation sites (tertiary alicyclic amines) is 1. The number of aliphatic hydroxyl groups is 2. The third-order valence-corrected chi connectivity index (χ3v) is 8.06. The molecule has 4 rings (SSSR count). The third-order valence-electron chi connectivity index (χ3n) is 6.65. The zero-order chi connectivity index (χ0) is 27.0. The number of nitrogens with one attached hydrogen (secondary N) is 2. The smallest absolute Gasteiger partial charge is 0.390 e. The molecule has 200 valence electrons. The average Bonchev–Trinajstić information content (AvgIpc) is 2.83. The summed E-state index contributed by atoms with van der Waals surface area (Å²) in [6, 6.07) is 10.1. The Morgan fingerprint density at radius 3 is 2.49 bits per heavy atom. The van der Waals surface area contributed by atoms with Crippen LogP contribution in [0.25, 0.3) is 0 Å². The predicted molar refractivity (Wildman–Crippen MR) is 130 cm³/mol. The van der Waals surface area contributed by atoms with Gasteiger partial charge in [0.15, 0.2) is 6.23 Å². The van der Waals surface area contributed by atoms with E-state index in [9.17, 15) is 36.6 Å². The highest BCUT2D eigenvalue weighted by Gasteiger charge is 2.43. The molecular weight excluding hydrogens is 513 g/mol. The number of fused-ring (bicyclic) bond motifs is 1. The van der Waals surface area contributed by atoms with Crippen LogP contribution in [-0.4, -0.2) is 60.6 Å². The van der Waals surface area contributed by atoms with E-state index in [0.717, 1.165) is 6.92 Å². The molecule has 0 radical (unpaired) electrons. The number of rotatable bonds is 6. The van der Waals surface area contributed by atoms with Crippen molar-refractivity contribution >= 4 is 33.6 Å². The fraction of sp³-hybridized carbons (Fsp3) is 0.417. The fourth-order valence-corrected chi connectivity index (χ4v) is 5.71. The van der Waals surface area contributed by atoms with Crippen LogP contribution in [-0.2, 0) is 10.0 Å². The normalized spacial score (nSPS) is 20.1. The Kier molecular flexibility index (Phi) is 7.23. The molecule has 1 amide bonds. The zero-order valence-electron chi connectivity index (χ0n) is 19.9. The van der Waals surface area contributed by atoms with Gasteiger partial charge in [-0.1, -0.05) is 19.1 Å². The number of aliphatic imine (C=N–C) groups is 1. The van der Waals surface area contributed by atoms with E-state index in [1.807, 2.05) is 0 Å². The predicted octanol–water partition coefficient (Wildman–Crippen LogP) is 3.30. The van der Waals surface area contributed by atoms with Gasteiger partial charge in [-0.2, -0.15) is 13.2 Å². The Morgan fingerprint density at radius 2 is 1.86 bits per heavy atom. The van der Waals surface area contributed by atoms with Gasteiger partial charge in [-0.15, -0.1) is 0 Å². The average molecular weight is 541 g/mol. The van der Waals surface area contributed by atoms with Gasteiger partial charge < -0.3 is 20.4 Å². The third kappa shape index (κ3) is 5.89. The van der Waals surface area contributed by atoms with E-state index in [2.05, 4.69) is 15.0 Å². The second-order valence-electron chi connectivity index (χ2n) is 9.37. The Labute approximate surface area is 212 Å². The van der Waals surface area contributed by atoms with Gasteiger partial charge in [-0.25, -0.2) is 13.4 Å². The van der Waals surface area contributed by atoms with Gasteiger partial charge >= 0.3 is 6.18 Å². The van der Waals surface area contributed by atoms with Crippen LogP contribution >= 0.6 is 0 Å². The molecule has 0 bridgehead atoms. The molecule has 2 aliphatic rings. The maximum absolute atomic E-state index is 13.0. The summed E-state index contributed by atoms with van der Waals surface area (Å²) in [5, 5.41) is 23.2. The lowest BCUT2D eigenvalue weighted by Gasteiger charge is -2.39. The quantitative estimate of drug-likeness (QED) is 0.445. The largest absolute Gasteiger partial charge is 0.391 e. The molecule has 2 aromatic carbocycles. The number of hydrogen-bond donors (Lipinski definition) is 4. The van der Waals surface area contributed by atoms with Crippen LogP contribution < -0.4 is 10.0 Å². The second-order valence-corrected chi connectivity index (χ2v) is 11.0. The number of anilines is 1. The zero-order valence-corrected chi connectivity index (χ0v) is 20.7. The van der Waals surface area contributed by atoms with Crippen molar-refractivity contribution in [1.82, 2.24) is 10.2 Å². The number of aliphatic hydroxyl groups excluding tert-OH is 1. The topological polar surface area (TPSA) is 131 Å². The van der Waals surface area contributed by atoms with E-state index in [0.29, 0.717) is 5.56 Å². The van der Waals surface area contributed by atoms with Gasteiger partial charge in [0.05, 0.1) is 23.5 Å². The number of carbonyl (C=O) groups is 1. The maximum atomic E-state index is 13.0. The van der Waals surface area contributed by atoms with Crippen LogP contribution in [0.1, 0.15) is 48.3 Å². The van der Waals surface area contributed by atoms with Crippen molar-refractivity contribution in [1.29, 1.82) is 0 Å². The summed E-state index contributed by atoms with van der Waals surface area (Å²) < 4.78 is 67.1. The van der Waals surface area contributed by atoms with Crippen LogP contribution in [0.3, 0.4) is 0 Å². The number of piperidine rings is 1. The first kappa shape index (κ1) is 26.9. The molecule has 9 nitrogen and oxygen atoms in total. The first-order chi connectivity index (χ1) is 17.3. The second kappa shape index (κ2) is 9.95. The standard InChI is InChI=1S/C24H27F3N4O5S/c1-15(24(25,26)27)13-23(34)9-11-31(12-10-23)22(33)16-5-7-17(8-6-16)30-37(35,36)19-4-2-3-18-20(19)28-14-29-21(18)32/h2-8,14-15,21,30,32,34H,9-13H2,1H3,(H,28,29). The summed E-state index contributed by atoms with van der Waals surface area (Å²) in [5.41, 5.74) is -0.592. The van der Waals surface area contributed by atoms with Crippen molar-refractivity contribution in [3.05, 3.63) is 53.6 Å². The molecule has 0 aromatic heterocycles. The van der Waals surface area contributed by atoms with E-state index in [1.165, 1.54) is 47.6 Å². The van der Waals surface area contributed by atoms with Gasteiger partial charge in [-0.05, 0) is 49.6 Å². The molecular formula is C24H27F3N4O5S. The lowest BCUT2D eigenvalue weighted by molar-refractivity contribution is -0.187. The number of benzene rings is 2. The monoisotopic (exact) mass is 540 g/mol. The number of hydrogen-bond acceptors (Lipinski definition) is 7. The Morgan fingerprint density at radius 1 is 1.22 bits per heavy atom. The molecule has 2 unspecified atom stereocenters. The van der Waals surface area contributed by atoms with Gasteiger partial charge in [0.1, 0.15) is 4.90 Å². The van der Waals surface area contributed by atoms with Crippen molar-refractivity contribution in [3.63, 3.8) is 0 Å². The summed E-state index contributed by atoms with van der Waals surface area (Å²) in [6.07, 6.45) is -4.62. The molecule has 0 saturated carbocycles. The molecule has 0 spiro atoms. The van der Waals surface area contributed by atoms with Crippen LogP contribution in [0, 0.1) is 5.92 Å². The van der Waals surface area contributed by atoms with Crippen molar-refractivity contribution in [2.45, 2.75) is 49.1 Å². The Hall–Kier alpha value is -3.16. The molecule has 2 heterocycles. The number of halogens is 3. The molecule has 2 aromatic rings. The number of carbonyl (C=O) groups excluding carboxylic acids is 1. The molecule has 2 aliphatic heterocycles. The summed E-state index contributed by atoms with van der Waals surface area (Å²) in [7, 11) is -4.07. The molecule has 0 aliphatic carbocycles. The SMILES string of the molecule is CC(CC1(O)CCN(C(=O)c2ccc(NS(=O)(=O)c3cccc4c3N=CNC4O)cc2)CC1)C(F)(F)F. The lowest BCUT2D eigenvalue weighted by Crippen LogP contribution is -2.48. The Bertz CT molecular complexity index is 1290. The van der Waals surface area contributed by atoms with Crippen molar-refractivity contribution in [2.24, 2.45) is 10.9 Å². The number of para-hydroxylation sites is 1. The number of alkyl halides is 3. The van der Waals surface area contributed by atoms with Gasteiger partial charge in [0, 0.05) is 29.9 Å². The molecule has 1 fully saturated rings. The molecule has 13 heteroatoms. The first-order valence-corrected chi connectivity index (χ1v) is 13.1. The fourth-order valence-electron chi connectivity index (χ4n) is 4.47. The maximum Gasteiger partial charge on any atom is 0.391 e. The lowest BCUT2D eigenvalue weighted by atomic mass is 9.83. The van der Waals surface area contributed by atoms with Crippen molar-refractivity contribution in [3.8, 4) is 0 Å². The van der Waals surface area contributed by atoms with E-state index in [4.69, 9.17) is 0 Å². The molecule has 37 heavy (non-hydrogen) atoms. The van der Waals surface area contributed by atoms with Gasteiger partial charge in [0.2, 0.25) is 0 Å². The summed E-state index contributed by atoms with van der Waals surface area (Å²) in [4.78, 5) is 18.3. The van der Waals surface area contributed by atoms with Crippen molar-refractivity contribution < 1.29 is 36.6 Å². The minimum Gasteiger partial charge on any atom is -0.390 e. The van der Waals surface area contributed by atoms with Crippen molar-refractivity contribution in [2.75, 3.05) is 17.8 Å². The summed E-state index contributed by atoms with van der Waals surface area (Å²) in [5.74, 6) is -2.01. The summed E-state index contributed by atoms with van der Waals surface area (Å²) >= 11 is 0. The number of amides is 1. The number of sulfonamides is 1. The van der Waals surface area contributed by atoms with Crippen LogP contribution in [0.4, 0.5) is 24.5 Å². The van der Waals surface area contributed by atoms with Gasteiger partial charge in [0.25, 0.3) is 15.9 Å². The Balaban J connectivity index is 1.41. The van der Waals surface area contributed by atoms with E-state index in [-0.39, 0.29) is 53.7 Å². The highest BCUT2D eigenvalue weighted by molar-refractivity contribution is 7.92.